The molecule has 3 unspecified atom stereocenters. The van der Waals surface area contributed by atoms with Gasteiger partial charge in [-0.3, -0.25) is 0 Å². The quantitative estimate of drug-likeness (QED) is 0.787. The van der Waals surface area contributed by atoms with Crippen LogP contribution in [0.4, 0.5) is 0 Å². The van der Waals surface area contributed by atoms with E-state index in [0.717, 1.165) is 18.0 Å². The van der Waals surface area contributed by atoms with Crippen LogP contribution in [0, 0.1) is 5.41 Å². The summed E-state index contributed by atoms with van der Waals surface area (Å²) < 4.78 is 0. The van der Waals surface area contributed by atoms with E-state index < -0.39 is 0 Å². The SMILES string of the molecule is CC1(C)CCCC(NC2CC2c2ccccc2)CC1. The van der Waals surface area contributed by atoms with Crippen molar-refractivity contribution in [3.63, 3.8) is 0 Å². The average molecular weight is 257 g/mol. The van der Waals surface area contributed by atoms with Gasteiger partial charge in [-0.15, -0.1) is 0 Å². The van der Waals surface area contributed by atoms with Crippen molar-refractivity contribution in [1.29, 1.82) is 0 Å². The molecule has 1 aromatic rings. The molecule has 0 heterocycles. The van der Waals surface area contributed by atoms with Crippen molar-refractivity contribution >= 4 is 0 Å². The molecule has 0 aliphatic heterocycles. The Kier molecular flexibility index (Phi) is 3.66. The maximum absolute atomic E-state index is 3.92. The summed E-state index contributed by atoms with van der Waals surface area (Å²) in [6.07, 6.45) is 8.26. The molecule has 1 heteroatoms. The van der Waals surface area contributed by atoms with Crippen molar-refractivity contribution in [3.05, 3.63) is 35.9 Å². The third-order valence-corrected chi connectivity index (χ3v) is 5.04. The molecule has 3 rings (SSSR count). The topological polar surface area (TPSA) is 12.0 Å². The Hall–Kier alpha value is -0.820. The number of nitrogens with one attached hydrogen (secondary N) is 1. The largest absolute Gasteiger partial charge is 0.311 e. The number of hydrogen-bond acceptors (Lipinski definition) is 1. The van der Waals surface area contributed by atoms with Gasteiger partial charge in [0.1, 0.15) is 0 Å². The Morgan fingerprint density at radius 2 is 1.84 bits per heavy atom. The van der Waals surface area contributed by atoms with Crippen LogP contribution in [0.25, 0.3) is 0 Å². The van der Waals surface area contributed by atoms with E-state index in [-0.39, 0.29) is 0 Å². The summed E-state index contributed by atoms with van der Waals surface area (Å²) in [4.78, 5) is 0. The molecule has 3 atom stereocenters. The second-order valence-electron chi connectivity index (χ2n) is 7.32. The molecule has 1 nitrogen and oxygen atoms in total. The number of benzene rings is 1. The third kappa shape index (κ3) is 3.39. The zero-order valence-electron chi connectivity index (χ0n) is 12.4. The lowest BCUT2D eigenvalue weighted by molar-refractivity contribution is 0.309. The molecule has 1 N–H and O–H groups in total. The van der Waals surface area contributed by atoms with Crippen molar-refractivity contribution in [1.82, 2.24) is 5.32 Å². The minimum Gasteiger partial charge on any atom is -0.311 e. The minimum atomic E-state index is 0.568. The van der Waals surface area contributed by atoms with E-state index in [9.17, 15) is 0 Å². The van der Waals surface area contributed by atoms with Crippen molar-refractivity contribution in [2.24, 2.45) is 5.41 Å². The van der Waals surface area contributed by atoms with Crippen LogP contribution in [-0.4, -0.2) is 12.1 Å². The second kappa shape index (κ2) is 5.28. The third-order valence-electron chi connectivity index (χ3n) is 5.04. The first-order chi connectivity index (χ1) is 9.14. The smallest absolute Gasteiger partial charge is 0.0145 e. The predicted octanol–water partition coefficient (Wildman–Crippen LogP) is 4.49. The fourth-order valence-corrected chi connectivity index (χ4v) is 3.58. The zero-order valence-corrected chi connectivity index (χ0v) is 12.4. The minimum absolute atomic E-state index is 0.568. The molecule has 0 aromatic heterocycles. The molecule has 0 saturated heterocycles. The van der Waals surface area contributed by atoms with Crippen LogP contribution in [-0.2, 0) is 0 Å². The van der Waals surface area contributed by atoms with Gasteiger partial charge < -0.3 is 5.32 Å². The van der Waals surface area contributed by atoms with Gasteiger partial charge in [0.15, 0.2) is 0 Å². The van der Waals surface area contributed by atoms with E-state index in [1.54, 1.807) is 0 Å². The Morgan fingerprint density at radius 3 is 2.63 bits per heavy atom. The first-order valence-corrected chi connectivity index (χ1v) is 7.95. The average Bonchev–Trinajstić information content (AvgIpc) is 3.17. The molecule has 0 amide bonds. The van der Waals surface area contributed by atoms with Crippen LogP contribution in [0.15, 0.2) is 30.3 Å². The summed E-state index contributed by atoms with van der Waals surface area (Å²) in [7, 11) is 0. The lowest BCUT2D eigenvalue weighted by Gasteiger charge is -2.22. The first-order valence-electron chi connectivity index (χ1n) is 7.95. The summed E-state index contributed by atoms with van der Waals surface area (Å²) in [5.74, 6) is 0.775. The highest BCUT2D eigenvalue weighted by Crippen LogP contribution is 2.42. The molecular formula is C18H27N. The van der Waals surface area contributed by atoms with Gasteiger partial charge in [-0.05, 0) is 43.1 Å². The number of hydrogen-bond donors (Lipinski definition) is 1. The highest BCUT2D eigenvalue weighted by molar-refractivity contribution is 5.27. The van der Waals surface area contributed by atoms with E-state index in [4.69, 9.17) is 0 Å². The molecule has 19 heavy (non-hydrogen) atoms. The molecule has 104 valence electrons. The lowest BCUT2D eigenvalue weighted by atomic mass is 9.85. The summed E-state index contributed by atoms with van der Waals surface area (Å²) >= 11 is 0. The molecule has 0 radical (unpaired) electrons. The summed E-state index contributed by atoms with van der Waals surface area (Å²) in [5, 5.41) is 3.92. The van der Waals surface area contributed by atoms with Crippen LogP contribution >= 0.6 is 0 Å². The summed E-state index contributed by atoms with van der Waals surface area (Å²) in [6.45, 7) is 4.86. The Labute approximate surface area is 117 Å². The molecule has 2 saturated carbocycles. The highest BCUT2D eigenvalue weighted by atomic mass is 15.0. The van der Waals surface area contributed by atoms with Gasteiger partial charge in [0.05, 0.1) is 0 Å². The van der Waals surface area contributed by atoms with Gasteiger partial charge in [0.2, 0.25) is 0 Å². The van der Waals surface area contributed by atoms with Gasteiger partial charge in [0, 0.05) is 18.0 Å². The molecule has 0 bridgehead atoms. The van der Waals surface area contributed by atoms with E-state index in [0.29, 0.717) is 5.41 Å². The van der Waals surface area contributed by atoms with Crippen LogP contribution in [0.1, 0.15) is 63.9 Å². The first kappa shape index (κ1) is 13.2. The van der Waals surface area contributed by atoms with E-state index in [2.05, 4.69) is 49.5 Å². The van der Waals surface area contributed by atoms with Gasteiger partial charge in [0.25, 0.3) is 0 Å². The summed E-state index contributed by atoms with van der Waals surface area (Å²) in [5.41, 5.74) is 2.09. The number of rotatable bonds is 3. The zero-order chi connectivity index (χ0) is 13.3. The van der Waals surface area contributed by atoms with Crippen molar-refractivity contribution < 1.29 is 0 Å². The van der Waals surface area contributed by atoms with Gasteiger partial charge >= 0.3 is 0 Å². The fourth-order valence-electron chi connectivity index (χ4n) is 3.58. The van der Waals surface area contributed by atoms with Crippen LogP contribution < -0.4 is 5.32 Å². The fraction of sp³-hybridized carbons (Fsp3) is 0.667. The molecule has 2 fully saturated rings. The van der Waals surface area contributed by atoms with Gasteiger partial charge in [-0.1, -0.05) is 50.6 Å². The van der Waals surface area contributed by atoms with Crippen molar-refractivity contribution in [2.75, 3.05) is 0 Å². The molecular weight excluding hydrogens is 230 g/mol. The van der Waals surface area contributed by atoms with Crippen LogP contribution in [0.3, 0.4) is 0 Å². The Bertz CT molecular complexity index is 409. The maximum Gasteiger partial charge on any atom is 0.0145 e. The van der Waals surface area contributed by atoms with E-state index in [1.165, 1.54) is 44.1 Å². The van der Waals surface area contributed by atoms with Crippen molar-refractivity contribution in [3.8, 4) is 0 Å². The van der Waals surface area contributed by atoms with E-state index in [1.807, 2.05) is 0 Å². The standard InChI is InChI=1S/C18H27N/c1-18(2)11-6-9-15(10-12-18)19-17-13-16(17)14-7-4-3-5-8-14/h3-5,7-8,15-17,19H,6,9-13H2,1-2H3. The highest BCUT2D eigenvalue weighted by Gasteiger charge is 2.39. The molecule has 2 aliphatic carbocycles. The van der Waals surface area contributed by atoms with Crippen LogP contribution in [0.2, 0.25) is 0 Å². The maximum atomic E-state index is 3.92. The normalized spacial score (nSPS) is 33.7. The summed E-state index contributed by atoms with van der Waals surface area (Å²) in [6, 6.07) is 12.5. The Balaban J connectivity index is 1.51. The lowest BCUT2D eigenvalue weighted by Crippen LogP contribution is -2.31. The van der Waals surface area contributed by atoms with Crippen LogP contribution in [0.5, 0.6) is 0 Å². The van der Waals surface area contributed by atoms with E-state index >= 15 is 0 Å². The monoisotopic (exact) mass is 257 g/mol. The predicted molar refractivity (Wildman–Crippen MR) is 81.4 cm³/mol. The van der Waals surface area contributed by atoms with Gasteiger partial charge in [-0.25, -0.2) is 0 Å². The van der Waals surface area contributed by atoms with Gasteiger partial charge in [-0.2, -0.15) is 0 Å². The van der Waals surface area contributed by atoms with Crippen molar-refractivity contribution in [2.45, 2.75) is 70.4 Å². The molecule has 1 aromatic carbocycles. The molecule has 0 spiro atoms. The molecule has 2 aliphatic rings. The second-order valence-corrected chi connectivity index (χ2v) is 7.32. The Morgan fingerprint density at radius 1 is 1.05 bits per heavy atom.